The molecule has 0 aliphatic heterocycles. The van der Waals surface area contributed by atoms with Gasteiger partial charge in [-0.1, -0.05) is 18.2 Å². The van der Waals surface area contributed by atoms with E-state index in [4.69, 9.17) is 10.5 Å². The van der Waals surface area contributed by atoms with Crippen molar-refractivity contribution in [1.29, 1.82) is 0 Å². The van der Waals surface area contributed by atoms with E-state index in [1.165, 1.54) is 0 Å². The van der Waals surface area contributed by atoms with Crippen LogP contribution in [-0.4, -0.2) is 17.6 Å². The third kappa shape index (κ3) is 3.29. The summed E-state index contributed by atoms with van der Waals surface area (Å²) in [6.07, 6.45) is -4.50. The lowest BCUT2D eigenvalue weighted by Gasteiger charge is -2.11. The maximum Gasteiger partial charge on any atom is 0.416 e. The molecule has 0 spiro atoms. The lowest BCUT2D eigenvalue weighted by molar-refractivity contribution is -0.137. The molecule has 1 aromatic heterocycles. The second-order valence-electron chi connectivity index (χ2n) is 6.64. The number of carbonyl (C=O) groups is 1. The van der Waals surface area contributed by atoms with E-state index < -0.39 is 17.6 Å². The third-order valence-corrected chi connectivity index (χ3v) is 4.89. The molecule has 4 nitrogen and oxygen atoms in total. The molecule has 2 N–H and O–H groups in total. The number of aromatic nitrogens is 1. The van der Waals surface area contributed by atoms with Crippen LogP contribution >= 0.6 is 0 Å². The predicted octanol–water partition coefficient (Wildman–Crippen LogP) is 4.77. The topological polar surface area (TPSA) is 57.2 Å². The summed E-state index contributed by atoms with van der Waals surface area (Å²) in [5.41, 5.74) is 6.77. The highest BCUT2D eigenvalue weighted by Crippen LogP contribution is 2.36. The van der Waals surface area contributed by atoms with Gasteiger partial charge in [0.2, 0.25) is 5.91 Å². The zero-order valence-corrected chi connectivity index (χ0v) is 15.4. The Kier molecular flexibility index (Phi) is 4.45. The van der Waals surface area contributed by atoms with Crippen molar-refractivity contribution in [3.63, 3.8) is 0 Å². The van der Waals surface area contributed by atoms with E-state index >= 15 is 0 Å². The highest BCUT2D eigenvalue weighted by Gasteiger charge is 2.31. The summed E-state index contributed by atoms with van der Waals surface area (Å²) in [4.78, 5) is 11.9. The highest BCUT2D eigenvalue weighted by atomic mass is 19.4. The molecule has 7 heteroatoms. The Balaban J connectivity index is 2.00. The van der Waals surface area contributed by atoms with Crippen molar-refractivity contribution in [1.82, 2.24) is 4.57 Å². The van der Waals surface area contributed by atoms with Gasteiger partial charge in [-0.25, -0.2) is 0 Å². The van der Waals surface area contributed by atoms with Gasteiger partial charge in [0.15, 0.2) is 0 Å². The van der Waals surface area contributed by atoms with Crippen molar-refractivity contribution in [3.05, 3.63) is 77.4 Å². The fourth-order valence-corrected chi connectivity index (χ4v) is 3.51. The fourth-order valence-electron chi connectivity index (χ4n) is 3.51. The van der Waals surface area contributed by atoms with Crippen molar-refractivity contribution < 1.29 is 22.7 Å². The largest absolute Gasteiger partial charge is 0.497 e. The van der Waals surface area contributed by atoms with Crippen LogP contribution in [0.4, 0.5) is 13.2 Å². The van der Waals surface area contributed by atoms with Crippen LogP contribution in [0, 0.1) is 6.07 Å². The van der Waals surface area contributed by atoms with Crippen LogP contribution in [0.15, 0.2) is 54.6 Å². The number of nitrogens with zero attached hydrogens (tertiary/aromatic N) is 1. The highest BCUT2D eigenvalue weighted by molar-refractivity contribution is 6.17. The number of halogens is 3. The Morgan fingerprint density at radius 1 is 1.14 bits per heavy atom. The molecule has 0 aliphatic carbocycles. The average Bonchev–Trinajstić information content (AvgIpc) is 3.01. The number of carbonyl (C=O) groups excluding carboxylic acids is 1. The van der Waals surface area contributed by atoms with Gasteiger partial charge in [-0.15, -0.1) is 0 Å². The third-order valence-electron chi connectivity index (χ3n) is 4.89. The number of primary amides is 1. The molecular weight excluding hydrogens is 381 g/mol. The second kappa shape index (κ2) is 6.84. The lowest BCUT2D eigenvalue weighted by atomic mass is 10.0. The standard InChI is InChI=1S/C22H16F3N2O2/c1-29-15-8-5-13(6-9-15)12-27-18-4-2-3-17(21(26)28)20(18)16-10-7-14(11-19(16)27)22(23,24)25/h2-9,11H,12H2,1H3,(H2,26,28). The zero-order valence-electron chi connectivity index (χ0n) is 15.4. The summed E-state index contributed by atoms with van der Waals surface area (Å²) in [6, 6.07) is 16.9. The number of ether oxygens (including phenoxy) is 1. The molecule has 29 heavy (non-hydrogen) atoms. The van der Waals surface area contributed by atoms with Gasteiger partial charge < -0.3 is 15.0 Å². The van der Waals surface area contributed by atoms with Crippen LogP contribution < -0.4 is 10.5 Å². The first-order chi connectivity index (χ1) is 13.8. The molecule has 0 saturated heterocycles. The van der Waals surface area contributed by atoms with Crippen LogP contribution in [-0.2, 0) is 12.7 Å². The number of fused-ring (bicyclic) bond motifs is 3. The van der Waals surface area contributed by atoms with Crippen molar-refractivity contribution in [2.45, 2.75) is 12.7 Å². The predicted molar refractivity (Wildman–Crippen MR) is 104 cm³/mol. The van der Waals surface area contributed by atoms with Gasteiger partial charge in [-0.3, -0.25) is 4.79 Å². The van der Waals surface area contributed by atoms with Gasteiger partial charge >= 0.3 is 6.18 Å². The normalized spacial score (nSPS) is 11.9. The van der Waals surface area contributed by atoms with Gasteiger partial charge in [0.05, 0.1) is 23.7 Å². The van der Waals surface area contributed by atoms with Gasteiger partial charge in [0, 0.05) is 22.9 Å². The number of methoxy groups -OCH3 is 1. The monoisotopic (exact) mass is 397 g/mol. The molecule has 147 valence electrons. The molecule has 0 bridgehead atoms. The number of benzene rings is 3. The molecular formula is C22H16F3N2O2. The minimum Gasteiger partial charge on any atom is -0.497 e. The molecule has 1 amide bonds. The summed E-state index contributed by atoms with van der Waals surface area (Å²) in [7, 11) is 1.56. The lowest BCUT2D eigenvalue weighted by Crippen LogP contribution is -2.11. The minimum absolute atomic E-state index is 0.247. The maximum absolute atomic E-state index is 13.3. The smallest absolute Gasteiger partial charge is 0.416 e. The number of amides is 1. The van der Waals surface area contributed by atoms with Crippen LogP contribution in [0.2, 0.25) is 0 Å². The maximum atomic E-state index is 13.3. The molecule has 0 atom stereocenters. The first-order valence-corrected chi connectivity index (χ1v) is 8.76. The molecule has 0 saturated carbocycles. The van der Waals surface area contributed by atoms with Gasteiger partial charge in [0.25, 0.3) is 0 Å². The summed E-state index contributed by atoms with van der Waals surface area (Å²) >= 11 is 0. The molecule has 0 aliphatic rings. The molecule has 1 heterocycles. The summed E-state index contributed by atoms with van der Waals surface area (Å²) in [5, 5.41) is 0.924. The summed E-state index contributed by atoms with van der Waals surface area (Å²) in [5.74, 6) is 0.0343. The van der Waals surface area contributed by atoms with Crippen molar-refractivity contribution in [3.8, 4) is 5.75 Å². The van der Waals surface area contributed by atoms with E-state index in [1.54, 1.807) is 42.0 Å². The first-order valence-electron chi connectivity index (χ1n) is 8.76. The molecule has 4 rings (SSSR count). The minimum atomic E-state index is -4.50. The van der Waals surface area contributed by atoms with Gasteiger partial charge in [0.1, 0.15) is 5.75 Å². The van der Waals surface area contributed by atoms with E-state index in [-0.39, 0.29) is 5.56 Å². The number of hydrogen-bond donors (Lipinski definition) is 1. The summed E-state index contributed by atoms with van der Waals surface area (Å²) in [6.45, 7) is 0.307. The Bertz CT molecular complexity index is 1220. The second-order valence-corrected chi connectivity index (χ2v) is 6.64. The molecule has 0 fully saturated rings. The Labute approximate surface area is 164 Å². The van der Waals surface area contributed by atoms with Crippen LogP contribution in [0.5, 0.6) is 5.75 Å². The Hall–Kier alpha value is -3.48. The van der Waals surface area contributed by atoms with E-state index in [2.05, 4.69) is 6.07 Å². The van der Waals surface area contributed by atoms with Crippen molar-refractivity contribution in [2.75, 3.05) is 7.11 Å². The zero-order chi connectivity index (χ0) is 20.8. The number of hydrogen-bond acceptors (Lipinski definition) is 2. The van der Waals surface area contributed by atoms with Crippen molar-refractivity contribution in [2.24, 2.45) is 5.73 Å². The van der Waals surface area contributed by atoms with E-state index in [0.29, 0.717) is 34.1 Å². The Morgan fingerprint density at radius 2 is 1.86 bits per heavy atom. The van der Waals surface area contributed by atoms with Crippen LogP contribution in [0.3, 0.4) is 0 Å². The average molecular weight is 397 g/mol. The molecule has 4 aromatic rings. The van der Waals surface area contributed by atoms with Crippen LogP contribution in [0.1, 0.15) is 21.5 Å². The number of nitrogens with two attached hydrogens (primary N) is 1. The molecule has 3 aromatic carbocycles. The van der Waals surface area contributed by atoms with E-state index in [0.717, 1.165) is 17.7 Å². The Morgan fingerprint density at radius 3 is 2.48 bits per heavy atom. The quantitative estimate of drug-likeness (QED) is 0.539. The van der Waals surface area contributed by atoms with Gasteiger partial charge in [-0.2, -0.15) is 13.2 Å². The van der Waals surface area contributed by atoms with Crippen molar-refractivity contribution >= 4 is 27.7 Å². The number of alkyl halides is 3. The first kappa shape index (κ1) is 18.9. The SMILES string of the molecule is COc1ccc(Cn2c3cc(C(F)(F)F)c[c]c3c3c(C(N)=O)cccc32)cc1. The van der Waals surface area contributed by atoms with Gasteiger partial charge in [-0.05, 0) is 48.0 Å². The van der Waals surface area contributed by atoms with E-state index in [9.17, 15) is 18.0 Å². The fraction of sp³-hybridized carbons (Fsp3) is 0.136. The molecule has 1 radical (unpaired) electrons. The van der Waals surface area contributed by atoms with Crippen LogP contribution in [0.25, 0.3) is 21.8 Å². The number of rotatable bonds is 4. The molecule has 0 unspecified atom stereocenters. The van der Waals surface area contributed by atoms with E-state index in [1.807, 2.05) is 12.1 Å². The summed E-state index contributed by atoms with van der Waals surface area (Å²) < 4.78 is 46.8.